The summed E-state index contributed by atoms with van der Waals surface area (Å²) in [5, 5.41) is 21.4. The Kier molecular flexibility index (Phi) is 2.02. The van der Waals surface area contributed by atoms with Crippen molar-refractivity contribution in [3.8, 4) is 0 Å². The molecular formula is C20H28O2. The Morgan fingerprint density at radius 3 is 2.05 bits per heavy atom. The monoisotopic (exact) mass is 300 g/mol. The van der Waals surface area contributed by atoms with Crippen LogP contribution < -0.4 is 0 Å². The Morgan fingerprint density at radius 1 is 0.591 bits per heavy atom. The topological polar surface area (TPSA) is 40.5 Å². The fourth-order valence-corrected chi connectivity index (χ4v) is 10.9. The standard InChI is InChI=1S/C20H28O2/c21-6-11-12-7-2-1-3-8(7)15-16(12)17-14(11)9-4-5-10-13(9)18(17)19(15)20(10)22/h7-22H,1-6H2/t7-,8+,9+,10+,11-,12+,13-,14-,15-,16-,17-,18+,19-,20-/m1/s1. The van der Waals surface area contributed by atoms with Gasteiger partial charge < -0.3 is 10.2 Å². The van der Waals surface area contributed by atoms with E-state index in [-0.39, 0.29) is 6.10 Å². The van der Waals surface area contributed by atoms with Crippen LogP contribution in [0.4, 0.5) is 0 Å². The van der Waals surface area contributed by atoms with Gasteiger partial charge in [0.25, 0.3) is 0 Å². The minimum Gasteiger partial charge on any atom is -0.396 e. The Morgan fingerprint density at radius 2 is 1.23 bits per heavy atom. The molecule has 0 bridgehead atoms. The van der Waals surface area contributed by atoms with E-state index in [1.54, 1.807) is 0 Å². The molecule has 7 aliphatic rings. The number of aliphatic hydroxyl groups excluding tert-OH is 2. The zero-order valence-corrected chi connectivity index (χ0v) is 13.2. The first-order chi connectivity index (χ1) is 10.8. The van der Waals surface area contributed by atoms with Gasteiger partial charge in [0.15, 0.2) is 0 Å². The van der Waals surface area contributed by atoms with Crippen LogP contribution in [-0.2, 0) is 0 Å². The van der Waals surface area contributed by atoms with Crippen molar-refractivity contribution >= 4 is 0 Å². The first kappa shape index (κ1) is 12.3. The molecule has 0 radical (unpaired) electrons. The van der Waals surface area contributed by atoms with Crippen molar-refractivity contribution in [3.63, 3.8) is 0 Å². The zero-order chi connectivity index (χ0) is 14.3. The lowest BCUT2D eigenvalue weighted by atomic mass is 9.75. The largest absolute Gasteiger partial charge is 0.396 e. The number of rotatable bonds is 1. The summed E-state index contributed by atoms with van der Waals surface area (Å²) in [5.41, 5.74) is 0. The molecule has 22 heavy (non-hydrogen) atoms. The second-order valence-electron chi connectivity index (χ2n) is 10.1. The van der Waals surface area contributed by atoms with Gasteiger partial charge in [-0.1, -0.05) is 6.42 Å². The van der Waals surface area contributed by atoms with Crippen molar-refractivity contribution in [2.24, 2.45) is 76.9 Å². The minimum absolute atomic E-state index is 0.0455. The van der Waals surface area contributed by atoms with Gasteiger partial charge >= 0.3 is 0 Å². The molecule has 7 aliphatic carbocycles. The molecule has 120 valence electrons. The Balaban J connectivity index is 1.46. The highest BCUT2D eigenvalue weighted by Gasteiger charge is 2.80. The lowest BCUT2D eigenvalue weighted by molar-refractivity contribution is 0.0456. The maximum Gasteiger partial charge on any atom is 0.0605 e. The highest BCUT2D eigenvalue weighted by atomic mass is 16.3. The van der Waals surface area contributed by atoms with Crippen LogP contribution in [0.25, 0.3) is 0 Å². The molecule has 2 N–H and O–H groups in total. The molecule has 7 rings (SSSR count). The van der Waals surface area contributed by atoms with Crippen molar-refractivity contribution < 1.29 is 10.2 Å². The summed E-state index contributed by atoms with van der Waals surface area (Å²) in [7, 11) is 0. The van der Waals surface area contributed by atoms with Crippen LogP contribution in [0.5, 0.6) is 0 Å². The summed E-state index contributed by atoms with van der Waals surface area (Å²) in [4.78, 5) is 0. The predicted molar refractivity (Wildman–Crippen MR) is 81.5 cm³/mol. The van der Waals surface area contributed by atoms with E-state index < -0.39 is 0 Å². The van der Waals surface area contributed by atoms with Crippen LogP contribution in [0.1, 0.15) is 32.1 Å². The van der Waals surface area contributed by atoms with Crippen LogP contribution in [-0.4, -0.2) is 22.9 Å². The fraction of sp³-hybridized carbons (Fsp3) is 1.00. The van der Waals surface area contributed by atoms with E-state index in [4.69, 9.17) is 0 Å². The zero-order valence-electron chi connectivity index (χ0n) is 13.2. The average Bonchev–Trinajstić information content (AvgIpc) is 3.26. The highest BCUT2D eigenvalue weighted by Crippen LogP contribution is 2.82. The maximum atomic E-state index is 11.1. The van der Waals surface area contributed by atoms with Gasteiger partial charge in [-0.3, -0.25) is 0 Å². The van der Waals surface area contributed by atoms with E-state index in [0.717, 1.165) is 59.2 Å². The second kappa shape index (κ2) is 3.61. The second-order valence-corrected chi connectivity index (χ2v) is 10.1. The molecule has 0 saturated heterocycles. The molecule has 0 aromatic rings. The molecule has 0 heterocycles. The van der Waals surface area contributed by atoms with E-state index >= 15 is 0 Å². The lowest BCUT2D eigenvalue weighted by Gasteiger charge is -2.31. The van der Waals surface area contributed by atoms with Gasteiger partial charge in [0, 0.05) is 6.61 Å². The van der Waals surface area contributed by atoms with Crippen LogP contribution in [0, 0.1) is 76.9 Å². The highest BCUT2D eigenvalue weighted by molar-refractivity contribution is 5.27. The Labute approximate surface area is 132 Å². The van der Waals surface area contributed by atoms with Crippen molar-refractivity contribution in [3.05, 3.63) is 0 Å². The van der Waals surface area contributed by atoms with Crippen molar-refractivity contribution in [2.75, 3.05) is 6.61 Å². The quantitative estimate of drug-likeness (QED) is 0.780. The van der Waals surface area contributed by atoms with E-state index in [1.807, 2.05) is 0 Å². The van der Waals surface area contributed by atoms with Gasteiger partial charge in [0.2, 0.25) is 0 Å². The molecule has 0 aliphatic heterocycles. The van der Waals surface area contributed by atoms with E-state index in [9.17, 15) is 10.2 Å². The first-order valence-corrected chi connectivity index (χ1v) is 10.1. The van der Waals surface area contributed by atoms with Gasteiger partial charge in [-0.25, -0.2) is 0 Å². The number of hydrogen-bond acceptors (Lipinski definition) is 2. The third-order valence-corrected chi connectivity index (χ3v) is 10.5. The number of fused-ring (bicyclic) bond motifs is 5. The molecule has 2 nitrogen and oxygen atoms in total. The summed E-state index contributed by atoms with van der Waals surface area (Å²) >= 11 is 0. The number of hydrogen-bond donors (Lipinski definition) is 2. The van der Waals surface area contributed by atoms with E-state index in [0.29, 0.717) is 24.4 Å². The molecule has 0 aromatic carbocycles. The SMILES string of the molecule is OC[C@H]1[C@H]2[C@H]3CC[C@@H]4[C@@H](O)[C@@H]5[C@@H]6[C@H]7CCC[C@H]7[C@@H]1[C@H]6[C@@H]2[C@@H]5[C@@H]43. The molecule has 0 unspecified atom stereocenters. The van der Waals surface area contributed by atoms with E-state index in [1.165, 1.54) is 32.1 Å². The molecule has 0 amide bonds. The summed E-state index contributed by atoms with van der Waals surface area (Å²) in [6.07, 6.45) is 7.00. The molecule has 0 aromatic heterocycles. The predicted octanol–water partition coefficient (Wildman–Crippen LogP) is 2.40. The molecule has 7 fully saturated rings. The summed E-state index contributed by atoms with van der Waals surface area (Å²) in [6.45, 7) is 0.464. The minimum atomic E-state index is 0.0455. The van der Waals surface area contributed by atoms with Crippen LogP contribution >= 0.6 is 0 Å². The number of aliphatic hydroxyl groups is 2. The fourth-order valence-electron chi connectivity index (χ4n) is 10.9. The Bertz CT molecular complexity index is 537. The molecule has 0 spiro atoms. The van der Waals surface area contributed by atoms with Gasteiger partial charge in [0.05, 0.1) is 6.10 Å². The van der Waals surface area contributed by atoms with Crippen molar-refractivity contribution in [1.29, 1.82) is 0 Å². The molecular weight excluding hydrogens is 272 g/mol. The van der Waals surface area contributed by atoms with Crippen LogP contribution in [0.3, 0.4) is 0 Å². The third kappa shape index (κ3) is 0.989. The van der Waals surface area contributed by atoms with Crippen LogP contribution in [0.2, 0.25) is 0 Å². The normalized spacial score (nSPS) is 75.0. The molecule has 7 saturated carbocycles. The molecule has 14 atom stereocenters. The van der Waals surface area contributed by atoms with Crippen molar-refractivity contribution in [1.82, 2.24) is 0 Å². The van der Waals surface area contributed by atoms with Gasteiger partial charge in [-0.2, -0.15) is 0 Å². The maximum absolute atomic E-state index is 11.1. The van der Waals surface area contributed by atoms with Gasteiger partial charge in [-0.05, 0) is 103 Å². The summed E-state index contributed by atoms with van der Waals surface area (Å²) in [5.74, 6) is 10.8. The van der Waals surface area contributed by atoms with Crippen molar-refractivity contribution in [2.45, 2.75) is 38.2 Å². The van der Waals surface area contributed by atoms with E-state index in [2.05, 4.69) is 0 Å². The molecule has 2 heteroatoms. The third-order valence-electron chi connectivity index (χ3n) is 10.5. The lowest BCUT2D eigenvalue weighted by Crippen LogP contribution is -2.30. The summed E-state index contributed by atoms with van der Waals surface area (Å²) in [6, 6.07) is 0. The average molecular weight is 300 g/mol. The van der Waals surface area contributed by atoms with Gasteiger partial charge in [0.1, 0.15) is 0 Å². The Hall–Kier alpha value is -0.0800. The first-order valence-electron chi connectivity index (χ1n) is 10.1. The smallest absolute Gasteiger partial charge is 0.0605 e. The van der Waals surface area contributed by atoms with Crippen LogP contribution in [0.15, 0.2) is 0 Å². The van der Waals surface area contributed by atoms with Gasteiger partial charge in [-0.15, -0.1) is 0 Å². The summed E-state index contributed by atoms with van der Waals surface area (Å²) < 4.78 is 0.